The minimum absolute atomic E-state index is 0.133. The van der Waals surface area contributed by atoms with E-state index in [4.69, 9.17) is 4.74 Å². The highest BCUT2D eigenvalue weighted by Crippen LogP contribution is 2.17. The summed E-state index contributed by atoms with van der Waals surface area (Å²) in [5.74, 6) is -0.133. The maximum atomic E-state index is 11.2. The van der Waals surface area contributed by atoms with Gasteiger partial charge < -0.3 is 9.47 Å². The van der Waals surface area contributed by atoms with Crippen molar-refractivity contribution < 1.29 is 14.3 Å². The zero-order valence-electron chi connectivity index (χ0n) is 10.6. The lowest BCUT2D eigenvalue weighted by atomic mass is 10.0. The van der Waals surface area contributed by atoms with Gasteiger partial charge in [0.05, 0.1) is 19.6 Å². The monoisotopic (exact) mass is 229 g/mol. The van der Waals surface area contributed by atoms with Gasteiger partial charge in [-0.3, -0.25) is 9.69 Å². The van der Waals surface area contributed by atoms with E-state index in [-0.39, 0.29) is 12.0 Å². The molecule has 1 saturated heterocycles. The van der Waals surface area contributed by atoms with Crippen LogP contribution in [-0.2, 0) is 14.3 Å². The van der Waals surface area contributed by atoms with E-state index >= 15 is 0 Å². The van der Waals surface area contributed by atoms with Gasteiger partial charge in [0.1, 0.15) is 0 Å². The summed E-state index contributed by atoms with van der Waals surface area (Å²) in [6, 6.07) is 0.246. The summed E-state index contributed by atoms with van der Waals surface area (Å²) in [6.45, 7) is 6.86. The van der Waals surface area contributed by atoms with Gasteiger partial charge in [-0.05, 0) is 33.2 Å². The molecule has 1 aliphatic rings. The number of likely N-dealkylation sites (tertiary alicyclic amines) is 1. The third-order valence-electron chi connectivity index (χ3n) is 3.13. The number of ether oxygens (including phenoxy) is 2. The van der Waals surface area contributed by atoms with Gasteiger partial charge in [0, 0.05) is 19.2 Å². The topological polar surface area (TPSA) is 38.8 Å². The molecule has 0 saturated carbocycles. The van der Waals surface area contributed by atoms with E-state index in [2.05, 4.69) is 16.6 Å². The third-order valence-corrected chi connectivity index (χ3v) is 3.13. The minimum Gasteiger partial charge on any atom is -0.469 e. The zero-order valence-corrected chi connectivity index (χ0v) is 10.6. The Morgan fingerprint density at radius 2 is 2.31 bits per heavy atom. The van der Waals surface area contributed by atoms with Crippen molar-refractivity contribution in [1.29, 1.82) is 0 Å². The maximum Gasteiger partial charge on any atom is 0.307 e. The number of rotatable bonds is 5. The van der Waals surface area contributed by atoms with Crippen LogP contribution in [0.5, 0.6) is 0 Å². The van der Waals surface area contributed by atoms with Crippen molar-refractivity contribution in [3.8, 4) is 0 Å². The summed E-state index contributed by atoms with van der Waals surface area (Å²) in [5, 5.41) is 0. The molecule has 16 heavy (non-hydrogen) atoms. The molecule has 0 aromatic carbocycles. The van der Waals surface area contributed by atoms with Crippen molar-refractivity contribution in [1.82, 2.24) is 4.90 Å². The molecule has 0 bridgehead atoms. The quantitative estimate of drug-likeness (QED) is 0.669. The van der Waals surface area contributed by atoms with E-state index < -0.39 is 0 Å². The minimum atomic E-state index is -0.133. The molecule has 0 aromatic heterocycles. The van der Waals surface area contributed by atoms with Crippen LogP contribution >= 0.6 is 0 Å². The average molecular weight is 229 g/mol. The molecule has 4 heteroatoms. The fourth-order valence-corrected chi connectivity index (χ4v) is 2.19. The number of nitrogens with zero attached hydrogens (tertiary/aromatic N) is 1. The van der Waals surface area contributed by atoms with E-state index in [9.17, 15) is 4.79 Å². The molecule has 4 nitrogen and oxygen atoms in total. The SMILES string of the molecule is CCOC1CCCN(C(C)CC(=O)OC)C1. The first-order valence-electron chi connectivity index (χ1n) is 6.09. The number of piperidine rings is 1. The summed E-state index contributed by atoms with van der Waals surface area (Å²) < 4.78 is 10.3. The summed E-state index contributed by atoms with van der Waals surface area (Å²) in [7, 11) is 1.44. The standard InChI is InChI=1S/C12H23NO3/c1-4-16-11-6-5-7-13(9-11)10(2)8-12(14)15-3/h10-11H,4-9H2,1-3H3. The average Bonchev–Trinajstić information content (AvgIpc) is 2.29. The van der Waals surface area contributed by atoms with Gasteiger partial charge in [0.25, 0.3) is 0 Å². The Morgan fingerprint density at radius 3 is 2.94 bits per heavy atom. The van der Waals surface area contributed by atoms with Gasteiger partial charge in [0.2, 0.25) is 0 Å². The number of carbonyl (C=O) groups is 1. The van der Waals surface area contributed by atoms with Gasteiger partial charge >= 0.3 is 5.97 Å². The number of hydrogen-bond acceptors (Lipinski definition) is 4. The molecule has 0 radical (unpaired) electrons. The first kappa shape index (κ1) is 13.5. The second-order valence-electron chi connectivity index (χ2n) is 4.34. The van der Waals surface area contributed by atoms with Crippen LogP contribution in [0.1, 0.15) is 33.1 Å². The highest BCUT2D eigenvalue weighted by Gasteiger charge is 2.25. The van der Waals surface area contributed by atoms with Gasteiger partial charge in [-0.25, -0.2) is 0 Å². The molecule has 2 atom stereocenters. The lowest BCUT2D eigenvalue weighted by molar-refractivity contribution is -0.142. The number of methoxy groups -OCH3 is 1. The first-order chi connectivity index (χ1) is 7.67. The predicted molar refractivity (Wildman–Crippen MR) is 62.3 cm³/mol. The molecule has 1 rings (SSSR count). The molecule has 0 amide bonds. The summed E-state index contributed by atoms with van der Waals surface area (Å²) in [4.78, 5) is 13.5. The van der Waals surface area contributed by atoms with Crippen LogP contribution in [0.2, 0.25) is 0 Å². The third kappa shape index (κ3) is 4.10. The highest BCUT2D eigenvalue weighted by atomic mass is 16.5. The Kier molecular flexibility index (Phi) is 5.77. The van der Waals surface area contributed by atoms with Crippen LogP contribution in [-0.4, -0.2) is 49.8 Å². The van der Waals surface area contributed by atoms with Crippen molar-refractivity contribution in [2.75, 3.05) is 26.8 Å². The van der Waals surface area contributed by atoms with Crippen molar-refractivity contribution in [3.05, 3.63) is 0 Å². The molecule has 1 fully saturated rings. The molecular weight excluding hydrogens is 206 g/mol. The van der Waals surface area contributed by atoms with E-state index in [1.165, 1.54) is 7.11 Å². The molecule has 2 unspecified atom stereocenters. The molecule has 0 spiro atoms. The van der Waals surface area contributed by atoms with E-state index in [0.29, 0.717) is 12.5 Å². The van der Waals surface area contributed by atoms with E-state index in [0.717, 1.165) is 32.5 Å². The van der Waals surface area contributed by atoms with Crippen LogP contribution in [0, 0.1) is 0 Å². The molecule has 0 aliphatic carbocycles. The van der Waals surface area contributed by atoms with Crippen LogP contribution in [0.15, 0.2) is 0 Å². The zero-order chi connectivity index (χ0) is 12.0. The lowest BCUT2D eigenvalue weighted by Gasteiger charge is -2.36. The van der Waals surface area contributed by atoms with E-state index in [1.54, 1.807) is 0 Å². The summed E-state index contributed by atoms with van der Waals surface area (Å²) in [6.07, 6.45) is 3.08. The number of hydrogen-bond donors (Lipinski definition) is 0. The molecule has 0 aromatic rings. The van der Waals surface area contributed by atoms with Gasteiger partial charge in [-0.1, -0.05) is 0 Å². The Labute approximate surface area is 97.9 Å². The number of esters is 1. The molecule has 1 aliphatic heterocycles. The maximum absolute atomic E-state index is 11.2. The van der Waals surface area contributed by atoms with Crippen molar-refractivity contribution in [2.45, 2.75) is 45.3 Å². The summed E-state index contributed by atoms with van der Waals surface area (Å²) in [5.41, 5.74) is 0. The van der Waals surface area contributed by atoms with Crippen molar-refractivity contribution >= 4 is 5.97 Å². The second kappa shape index (κ2) is 6.86. The van der Waals surface area contributed by atoms with Gasteiger partial charge in [-0.2, -0.15) is 0 Å². The molecular formula is C12H23NO3. The normalized spacial score (nSPS) is 24.1. The summed E-state index contributed by atoms with van der Waals surface area (Å²) >= 11 is 0. The van der Waals surface area contributed by atoms with E-state index in [1.807, 2.05) is 6.92 Å². The largest absolute Gasteiger partial charge is 0.469 e. The smallest absolute Gasteiger partial charge is 0.307 e. The molecule has 0 N–H and O–H groups in total. The fraction of sp³-hybridized carbons (Fsp3) is 0.917. The Hall–Kier alpha value is -0.610. The Balaban J connectivity index is 2.37. The predicted octanol–water partition coefficient (Wildman–Crippen LogP) is 1.44. The van der Waals surface area contributed by atoms with Crippen molar-refractivity contribution in [2.24, 2.45) is 0 Å². The van der Waals surface area contributed by atoms with Crippen LogP contribution in [0.3, 0.4) is 0 Å². The van der Waals surface area contributed by atoms with Crippen LogP contribution in [0.4, 0.5) is 0 Å². The molecule has 94 valence electrons. The Morgan fingerprint density at radius 1 is 1.56 bits per heavy atom. The number of carbonyl (C=O) groups excluding carboxylic acids is 1. The fourth-order valence-electron chi connectivity index (χ4n) is 2.19. The van der Waals surface area contributed by atoms with Crippen molar-refractivity contribution in [3.63, 3.8) is 0 Å². The molecule has 1 heterocycles. The van der Waals surface area contributed by atoms with Gasteiger partial charge in [0.15, 0.2) is 0 Å². The van der Waals surface area contributed by atoms with Crippen LogP contribution in [0.25, 0.3) is 0 Å². The lowest BCUT2D eigenvalue weighted by Crippen LogP contribution is -2.45. The van der Waals surface area contributed by atoms with Crippen LogP contribution < -0.4 is 0 Å². The second-order valence-corrected chi connectivity index (χ2v) is 4.34. The van der Waals surface area contributed by atoms with Gasteiger partial charge in [-0.15, -0.1) is 0 Å². The highest BCUT2D eigenvalue weighted by molar-refractivity contribution is 5.69. The first-order valence-corrected chi connectivity index (χ1v) is 6.09. The Bertz CT molecular complexity index is 218.